The van der Waals surface area contributed by atoms with Crippen LogP contribution in [0.25, 0.3) is 0 Å². The maximum absolute atomic E-state index is 12.7. The summed E-state index contributed by atoms with van der Waals surface area (Å²) in [6.45, 7) is 4.53. The summed E-state index contributed by atoms with van der Waals surface area (Å²) >= 11 is 5.94. The van der Waals surface area contributed by atoms with Crippen LogP contribution in [-0.4, -0.2) is 51.4 Å². The third-order valence-electron chi connectivity index (χ3n) is 4.75. The van der Waals surface area contributed by atoms with Crippen molar-refractivity contribution in [3.8, 4) is 0 Å². The van der Waals surface area contributed by atoms with Crippen molar-refractivity contribution >= 4 is 17.5 Å². The highest BCUT2D eigenvalue weighted by Crippen LogP contribution is 2.16. The fourth-order valence-electron chi connectivity index (χ4n) is 3.25. The molecule has 140 valence electrons. The summed E-state index contributed by atoms with van der Waals surface area (Å²) in [6.07, 6.45) is 5.31. The van der Waals surface area contributed by atoms with E-state index >= 15 is 0 Å². The number of furan rings is 1. The van der Waals surface area contributed by atoms with Gasteiger partial charge in [0, 0.05) is 50.1 Å². The minimum Gasteiger partial charge on any atom is -0.454 e. The number of carbonyl (C=O) groups is 1. The molecule has 1 aliphatic heterocycles. The minimum absolute atomic E-state index is 0.0435. The van der Waals surface area contributed by atoms with E-state index in [2.05, 4.69) is 9.88 Å². The molecule has 7 heteroatoms. The molecule has 4 rings (SSSR count). The van der Waals surface area contributed by atoms with E-state index in [1.54, 1.807) is 18.6 Å². The summed E-state index contributed by atoms with van der Waals surface area (Å²) < 4.78 is 7.65. The van der Waals surface area contributed by atoms with Crippen molar-refractivity contribution in [2.24, 2.45) is 0 Å². The molecule has 1 fully saturated rings. The van der Waals surface area contributed by atoms with Crippen molar-refractivity contribution in [2.75, 3.05) is 26.2 Å². The number of carbonyl (C=O) groups excluding carboxylic acids is 1. The van der Waals surface area contributed by atoms with Gasteiger partial charge in [-0.15, -0.1) is 0 Å². The zero-order valence-electron chi connectivity index (χ0n) is 14.9. The number of imidazole rings is 1. The third-order valence-corrected chi connectivity index (χ3v) is 5.00. The molecule has 1 aliphatic rings. The normalized spacial score (nSPS) is 15.2. The van der Waals surface area contributed by atoms with Crippen LogP contribution in [0, 0.1) is 0 Å². The molecule has 3 heterocycles. The number of aromatic nitrogens is 2. The van der Waals surface area contributed by atoms with Crippen LogP contribution >= 0.6 is 11.6 Å². The molecule has 1 aromatic carbocycles. The highest BCUT2D eigenvalue weighted by molar-refractivity contribution is 6.30. The van der Waals surface area contributed by atoms with Gasteiger partial charge >= 0.3 is 0 Å². The van der Waals surface area contributed by atoms with Gasteiger partial charge in [0.2, 0.25) is 0 Å². The molecular formula is C20H21ClN4O2. The van der Waals surface area contributed by atoms with Gasteiger partial charge in [-0.3, -0.25) is 9.69 Å². The maximum Gasteiger partial charge on any atom is 0.289 e. The molecule has 2 aromatic heterocycles. The van der Waals surface area contributed by atoms with E-state index in [-0.39, 0.29) is 5.91 Å². The SMILES string of the molecule is O=C(c1ccc(Cn2ccnc2)o1)N1CCN(Cc2ccc(Cl)cc2)CC1. The number of hydrogen-bond acceptors (Lipinski definition) is 4. The number of halogens is 1. The van der Waals surface area contributed by atoms with E-state index in [4.69, 9.17) is 16.0 Å². The Kier molecular flexibility index (Phi) is 5.27. The largest absolute Gasteiger partial charge is 0.454 e. The van der Waals surface area contributed by atoms with Gasteiger partial charge in [0.15, 0.2) is 5.76 Å². The van der Waals surface area contributed by atoms with Crippen LogP contribution in [-0.2, 0) is 13.1 Å². The Morgan fingerprint density at radius 3 is 2.52 bits per heavy atom. The molecule has 0 N–H and O–H groups in total. The van der Waals surface area contributed by atoms with E-state index in [0.717, 1.165) is 30.4 Å². The summed E-state index contributed by atoms with van der Waals surface area (Å²) in [5.74, 6) is 1.10. The lowest BCUT2D eigenvalue weighted by molar-refractivity contribution is 0.0596. The number of piperazine rings is 1. The maximum atomic E-state index is 12.7. The first kappa shape index (κ1) is 17.8. The minimum atomic E-state index is -0.0435. The van der Waals surface area contributed by atoms with Crippen LogP contribution < -0.4 is 0 Å². The number of hydrogen-bond donors (Lipinski definition) is 0. The van der Waals surface area contributed by atoms with Crippen molar-refractivity contribution in [2.45, 2.75) is 13.1 Å². The van der Waals surface area contributed by atoms with Crippen LogP contribution in [0.3, 0.4) is 0 Å². The second-order valence-electron chi connectivity index (χ2n) is 6.70. The average Bonchev–Trinajstić information content (AvgIpc) is 3.36. The average molecular weight is 385 g/mol. The zero-order chi connectivity index (χ0) is 18.6. The molecule has 27 heavy (non-hydrogen) atoms. The van der Waals surface area contributed by atoms with Gasteiger partial charge in [-0.25, -0.2) is 4.98 Å². The quantitative estimate of drug-likeness (QED) is 0.678. The fourth-order valence-corrected chi connectivity index (χ4v) is 3.38. The summed E-state index contributed by atoms with van der Waals surface area (Å²) in [4.78, 5) is 20.9. The summed E-state index contributed by atoms with van der Waals surface area (Å²) in [5, 5.41) is 0.750. The Morgan fingerprint density at radius 2 is 1.81 bits per heavy atom. The summed E-state index contributed by atoms with van der Waals surface area (Å²) in [7, 11) is 0. The van der Waals surface area contributed by atoms with Gasteiger partial charge in [0.05, 0.1) is 12.9 Å². The first-order valence-electron chi connectivity index (χ1n) is 8.98. The van der Waals surface area contributed by atoms with Gasteiger partial charge in [-0.05, 0) is 29.8 Å². The van der Waals surface area contributed by atoms with Gasteiger partial charge < -0.3 is 13.9 Å². The Bertz CT molecular complexity index is 881. The third kappa shape index (κ3) is 4.40. The molecule has 0 saturated carbocycles. The number of nitrogens with zero attached hydrogens (tertiary/aromatic N) is 4. The molecular weight excluding hydrogens is 364 g/mol. The zero-order valence-corrected chi connectivity index (χ0v) is 15.7. The van der Waals surface area contributed by atoms with Gasteiger partial charge in [0.25, 0.3) is 5.91 Å². The Balaban J connectivity index is 1.30. The Hall–Kier alpha value is -2.57. The van der Waals surface area contributed by atoms with Crippen LogP contribution in [0.1, 0.15) is 21.9 Å². The van der Waals surface area contributed by atoms with E-state index in [1.165, 1.54) is 5.56 Å². The molecule has 0 aliphatic carbocycles. The molecule has 1 amide bonds. The standard InChI is InChI=1S/C20H21ClN4O2/c21-17-3-1-16(2-4-17)13-23-9-11-25(12-10-23)20(26)19-6-5-18(27-19)14-24-8-7-22-15-24/h1-8,15H,9-14H2. The number of benzene rings is 1. The lowest BCUT2D eigenvalue weighted by atomic mass is 10.2. The van der Waals surface area contributed by atoms with Crippen molar-refractivity contribution < 1.29 is 9.21 Å². The molecule has 0 atom stereocenters. The van der Waals surface area contributed by atoms with Crippen molar-refractivity contribution in [1.82, 2.24) is 19.4 Å². The summed E-state index contributed by atoms with van der Waals surface area (Å²) in [5.41, 5.74) is 1.23. The molecule has 6 nitrogen and oxygen atoms in total. The molecule has 0 bridgehead atoms. The Morgan fingerprint density at radius 1 is 1.04 bits per heavy atom. The van der Waals surface area contributed by atoms with E-state index in [9.17, 15) is 4.79 Å². The molecule has 0 spiro atoms. The lowest BCUT2D eigenvalue weighted by Gasteiger charge is -2.34. The first-order chi connectivity index (χ1) is 13.2. The second kappa shape index (κ2) is 7.98. The van der Waals surface area contributed by atoms with Gasteiger partial charge in [-0.1, -0.05) is 23.7 Å². The summed E-state index contributed by atoms with van der Waals surface area (Å²) in [6, 6.07) is 11.5. The monoisotopic (exact) mass is 384 g/mol. The Labute approximate surface area is 163 Å². The van der Waals surface area contributed by atoms with Gasteiger partial charge in [0.1, 0.15) is 5.76 Å². The lowest BCUT2D eigenvalue weighted by Crippen LogP contribution is -2.48. The smallest absolute Gasteiger partial charge is 0.289 e. The fraction of sp³-hybridized carbons (Fsp3) is 0.300. The van der Waals surface area contributed by atoms with E-state index < -0.39 is 0 Å². The van der Waals surface area contributed by atoms with Crippen LogP contribution in [0.2, 0.25) is 5.02 Å². The predicted molar refractivity (Wildman–Crippen MR) is 103 cm³/mol. The van der Waals surface area contributed by atoms with Crippen LogP contribution in [0.4, 0.5) is 0 Å². The predicted octanol–water partition coefficient (Wildman–Crippen LogP) is 3.14. The number of amides is 1. The molecule has 1 saturated heterocycles. The van der Waals surface area contributed by atoms with Crippen molar-refractivity contribution in [1.29, 1.82) is 0 Å². The van der Waals surface area contributed by atoms with Crippen molar-refractivity contribution in [3.63, 3.8) is 0 Å². The van der Waals surface area contributed by atoms with Crippen LogP contribution in [0.15, 0.2) is 59.5 Å². The molecule has 3 aromatic rings. The van der Waals surface area contributed by atoms with E-state index in [1.807, 2.05) is 46.0 Å². The molecule has 0 radical (unpaired) electrons. The second-order valence-corrected chi connectivity index (χ2v) is 7.13. The topological polar surface area (TPSA) is 54.5 Å². The van der Waals surface area contributed by atoms with Crippen molar-refractivity contribution in [3.05, 3.63) is 77.2 Å². The highest BCUT2D eigenvalue weighted by Gasteiger charge is 2.24. The number of rotatable bonds is 5. The van der Waals surface area contributed by atoms with E-state index in [0.29, 0.717) is 25.4 Å². The molecule has 0 unspecified atom stereocenters. The highest BCUT2D eigenvalue weighted by atomic mass is 35.5. The first-order valence-corrected chi connectivity index (χ1v) is 9.36. The van der Waals surface area contributed by atoms with Crippen LogP contribution in [0.5, 0.6) is 0 Å². The van der Waals surface area contributed by atoms with Gasteiger partial charge in [-0.2, -0.15) is 0 Å².